The molecule has 4 heterocycles. The van der Waals surface area contributed by atoms with Crippen LogP contribution in [0.15, 0.2) is 16.9 Å². The van der Waals surface area contributed by atoms with Crippen LogP contribution < -0.4 is 5.32 Å². The van der Waals surface area contributed by atoms with E-state index in [0.29, 0.717) is 36.2 Å². The van der Waals surface area contributed by atoms with Gasteiger partial charge in [0, 0.05) is 18.6 Å². The molecule has 0 aromatic carbocycles. The molecule has 2 aliphatic rings. The van der Waals surface area contributed by atoms with E-state index >= 15 is 0 Å². The van der Waals surface area contributed by atoms with Crippen molar-refractivity contribution >= 4 is 39.8 Å². The number of imidazole rings is 1. The standard InChI is InChI=1S/C22H25N7O2/c1-4-28-18(21(30)29(13-5-6-13)14-7-8-14)12(3)15-16-17(25-10-24-16)19(26-20(15)28)27-22-23-9-11(2)31-22/h9-10,13-14H,4-8H2,1-3H3,(H,24,25)(H,23,26,27). The number of nitrogens with zero attached hydrogens (tertiary/aromatic N) is 5. The lowest BCUT2D eigenvalue weighted by atomic mass is 10.1. The van der Waals surface area contributed by atoms with E-state index in [-0.39, 0.29) is 5.91 Å². The van der Waals surface area contributed by atoms with E-state index in [1.165, 1.54) is 0 Å². The molecule has 2 aliphatic carbocycles. The Morgan fingerprint density at radius 1 is 1.26 bits per heavy atom. The SMILES string of the molecule is CCn1c(C(=O)N(C2CC2)C2CC2)c(C)c2c3nc[nH]c3c(Nc3ncc(C)o3)nc21. The van der Waals surface area contributed by atoms with Gasteiger partial charge in [-0.2, -0.15) is 0 Å². The van der Waals surface area contributed by atoms with Crippen molar-refractivity contribution in [3.63, 3.8) is 0 Å². The van der Waals surface area contributed by atoms with Crippen molar-refractivity contribution in [2.45, 2.75) is 65.1 Å². The Kier molecular flexibility index (Phi) is 3.90. The molecule has 6 rings (SSSR count). The normalized spacial score (nSPS) is 16.4. The van der Waals surface area contributed by atoms with Crippen LogP contribution in [0.4, 0.5) is 11.8 Å². The van der Waals surface area contributed by atoms with Crippen molar-refractivity contribution in [1.82, 2.24) is 29.4 Å². The van der Waals surface area contributed by atoms with Gasteiger partial charge in [0.15, 0.2) is 5.82 Å². The number of rotatable bonds is 6. The lowest BCUT2D eigenvalue weighted by Gasteiger charge is -2.23. The summed E-state index contributed by atoms with van der Waals surface area (Å²) >= 11 is 0. The number of H-pyrrole nitrogens is 1. The van der Waals surface area contributed by atoms with Gasteiger partial charge in [0.1, 0.15) is 28.1 Å². The lowest BCUT2D eigenvalue weighted by Crippen LogP contribution is -2.36. The molecule has 0 radical (unpaired) electrons. The molecular weight excluding hydrogens is 394 g/mol. The van der Waals surface area contributed by atoms with Gasteiger partial charge in [-0.3, -0.25) is 10.1 Å². The second kappa shape index (κ2) is 6.57. The molecule has 2 N–H and O–H groups in total. The summed E-state index contributed by atoms with van der Waals surface area (Å²) in [6.07, 6.45) is 7.75. The van der Waals surface area contributed by atoms with Crippen molar-refractivity contribution in [1.29, 1.82) is 0 Å². The highest BCUT2D eigenvalue weighted by molar-refractivity contribution is 6.12. The zero-order chi connectivity index (χ0) is 21.3. The van der Waals surface area contributed by atoms with Crippen molar-refractivity contribution in [3.8, 4) is 0 Å². The minimum absolute atomic E-state index is 0.129. The van der Waals surface area contributed by atoms with Crippen LogP contribution in [0.25, 0.3) is 22.1 Å². The fourth-order valence-electron chi connectivity index (χ4n) is 4.60. The summed E-state index contributed by atoms with van der Waals surface area (Å²) in [4.78, 5) is 32.8. The first-order chi connectivity index (χ1) is 15.1. The minimum Gasteiger partial charge on any atom is -0.429 e. The number of amides is 1. The van der Waals surface area contributed by atoms with Gasteiger partial charge in [0.05, 0.1) is 17.9 Å². The molecule has 9 heteroatoms. The fraction of sp³-hybridized carbons (Fsp3) is 0.455. The largest absolute Gasteiger partial charge is 0.429 e. The van der Waals surface area contributed by atoms with Crippen LogP contribution in [0.2, 0.25) is 0 Å². The zero-order valence-electron chi connectivity index (χ0n) is 17.9. The van der Waals surface area contributed by atoms with Crippen LogP contribution in [0.5, 0.6) is 0 Å². The van der Waals surface area contributed by atoms with Crippen molar-refractivity contribution in [3.05, 3.63) is 29.5 Å². The molecule has 31 heavy (non-hydrogen) atoms. The predicted octanol–water partition coefficient (Wildman–Crippen LogP) is 4.05. The molecular formula is C22H25N7O2. The number of hydrogen-bond donors (Lipinski definition) is 2. The number of oxazole rings is 1. The summed E-state index contributed by atoms with van der Waals surface area (Å²) < 4.78 is 7.62. The summed E-state index contributed by atoms with van der Waals surface area (Å²) in [5.41, 5.74) is 3.98. The number of aromatic nitrogens is 5. The molecule has 0 atom stereocenters. The van der Waals surface area contributed by atoms with Crippen molar-refractivity contribution < 1.29 is 9.21 Å². The van der Waals surface area contributed by atoms with Gasteiger partial charge in [-0.05, 0) is 52.0 Å². The number of aromatic amines is 1. The number of anilines is 2. The molecule has 0 bridgehead atoms. The maximum atomic E-state index is 13.7. The summed E-state index contributed by atoms with van der Waals surface area (Å²) in [7, 11) is 0. The molecule has 0 spiro atoms. The average Bonchev–Trinajstić information content (AvgIpc) is 3.65. The van der Waals surface area contributed by atoms with E-state index in [1.807, 2.05) is 18.4 Å². The number of fused-ring (bicyclic) bond motifs is 3. The lowest BCUT2D eigenvalue weighted by molar-refractivity contribution is 0.0718. The van der Waals surface area contributed by atoms with Crippen molar-refractivity contribution in [2.75, 3.05) is 5.32 Å². The molecule has 2 fully saturated rings. The topological polar surface area (TPSA) is 105 Å². The summed E-state index contributed by atoms with van der Waals surface area (Å²) in [6, 6.07) is 1.16. The molecule has 2 saturated carbocycles. The maximum absolute atomic E-state index is 13.7. The summed E-state index contributed by atoms with van der Waals surface area (Å²) in [6.45, 7) is 6.56. The smallest absolute Gasteiger partial charge is 0.300 e. The molecule has 160 valence electrons. The third kappa shape index (κ3) is 2.83. The monoisotopic (exact) mass is 419 g/mol. The average molecular weight is 419 g/mol. The first-order valence-corrected chi connectivity index (χ1v) is 10.9. The fourth-order valence-corrected chi connectivity index (χ4v) is 4.60. The summed E-state index contributed by atoms with van der Waals surface area (Å²) in [5.74, 6) is 1.42. The number of pyridine rings is 1. The predicted molar refractivity (Wildman–Crippen MR) is 117 cm³/mol. The van der Waals surface area contributed by atoms with Gasteiger partial charge in [-0.15, -0.1) is 0 Å². The molecule has 9 nitrogen and oxygen atoms in total. The van der Waals surface area contributed by atoms with Crippen LogP contribution >= 0.6 is 0 Å². The third-order valence-corrected chi connectivity index (χ3v) is 6.29. The summed E-state index contributed by atoms with van der Waals surface area (Å²) in [5, 5.41) is 4.08. The second-order valence-corrected chi connectivity index (χ2v) is 8.58. The Morgan fingerprint density at radius 3 is 2.61 bits per heavy atom. The highest BCUT2D eigenvalue weighted by Crippen LogP contribution is 2.40. The first kappa shape index (κ1) is 18.4. The van der Waals surface area contributed by atoms with Crippen LogP contribution in [0.1, 0.15) is 54.4 Å². The van der Waals surface area contributed by atoms with E-state index in [1.54, 1.807) is 12.5 Å². The number of hydrogen-bond acceptors (Lipinski definition) is 6. The molecule has 4 aromatic heterocycles. The highest BCUT2D eigenvalue weighted by Gasteiger charge is 2.43. The zero-order valence-corrected chi connectivity index (χ0v) is 17.9. The van der Waals surface area contributed by atoms with Crippen LogP contribution in [-0.2, 0) is 6.54 Å². The first-order valence-electron chi connectivity index (χ1n) is 10.9. The van der Waals surface area contributed by atoms with Gasteiger partial charge < -0.3 is 18.9 Å². The van der Waals surface area contributed by atoms with E-state index in [9.17, 15) is 4.79 Å². The van der Waals surface area contributed by atoms with Gasteiger partial charge in [0.2, 0.25) is 0 Å². The Balaban J connectivity index is 1.54. The van der Waals surface area contributed by atoms with Gasteiger partial charge in [0.25, 0.3) is 5.91 Å². The van der Waals surface area contributed by atoms with E-state index in [0.717, 1.165) is 59.0 Å². The van der Waals surface area contributed by atoms with Gasteiger partial charge in [-0.1, -0.05) is 0 Å². The number of nitrogens with one attached hydrogen (secondary N) is 2. The van der Waals surface area contributed by atoms with Crippen LogP contribution in [-0.4, -0.2) is 47.4 Å². The number of carbonyl (C=O) groups excluding carboxylic acids is 1. The Labute approximate surface area is 178 Å². The van der Waals surface area contributed by atoms with Crippen LogP contribution in [0, 0.1) is 13.8 Å². The minimum atomic E-state index is 0.129. The quantitative estimate of drug-likeness (QED) is 0.489. The van der Waals surface area contributed by atoms with Gasteiger partial charge >= 0.3 is 6.01 Å². The van der Waals surface area contributed by atoms with E-state index < -0.39 is 0 Å². The van der Waals surface area contributed by atoms with Crippen molar-refractivity contribution in [2.24, 2.45) is 0 Å². The number of carbonyl (C=O) groups is 1. The molecule has 0 unspecified atom stereocenters. The third-order valence-electron chi connectivity index (χ3n) is 6.29. The number of aryl methyl sites for hydroxylation is 3. The molecule has 0 aliphatic heterocycles. The Hall–Kier alpha value is -3.36. The molecule has 4 aromatic rings. The van der Waals surface area contributed by atoms with E-state index in [2.05, 4.69) is 32.1 Å². The Morgan fingerprint density at radius 2 is 2.00 bits per heavy atom. The van der Waals surface area contributed by atoms with Gasteiger partial charge in [-0.25, -0.2) is 15.0 Å². The Bertz CT molecular complexity index is 1310. The highest BCUT2D eigenvalue weighted by atomic mass is 16.4. The molecule has 1 amide bonds. The van der Waals surface area contributed by atoms with E-state index in [4.69, 9.17) is 9.40 Å². The van der Waals surface area contributed by atoms with Crippen LogP contribution in [0.3, 0.4) is 0 Å². The second-order valence-electron chi connectivity index (χ2n) is 8.58. The maximum Gasteiger partial charge on any atom is 0.300 e. The molecule has 0 saturated heterocycles.